The predicted octanol–water partition coefficient (Wildman–Crippen LogP) is 5.33. The lowest BCUT2D eigenvalue weighted by Crippen LogP contribution is -2.12. The molecule has 0 atom stereocenters. The average Bonchev–Trinajstić information content (AvgIpc) is 3.14. The highest BCUT2D eigenvalue weighted by molar-refractivity contribution is 9.10. The summed E-state index contributed by atoms with van der Waals surface area (Å²) in [5.41, 5.74) is 3.22. The van der Waals surface area contributed by atoms with Crippen LogP contribution in [0.1, 0.15) is 33.3 Å². The number of hydrogen-bond donors (Lipinski definition) is 2. The Kier molecular flexibility index (Phi) is 5.75. The quantitative estimate of drug-likeness (QED) is 0.387. The van der Waals surface area contributed by atoms with E-state index in [-0.39, 0.29) is 17.1 Å². The summed E-state index contributed by atoms with van der Waals surface area (Å²) >= 11 is 9.38. The molecule has 31 heavy (non-hydrogen) atoms. The van der Waals surface area contributed by atoms with Crippen LogP contribution in [0.5, 0.6) is 0 Å². The summed E-state index contributed by atoms with van der Waals surface area (Å²) in [6.45, 7) is 1.85. The Morgan fingerprint density at radius 1 is 1.19 bits per heavy atom. The van der Waals surface area contributed by atoms with Crippen molar-refractivity contribution in [3.8, 4) is 11.3 Å². The fourth-order valence-electron chi connectivity index (χ4n) is 3.30. The summed E-state index contributed by atoms with van der Waals surface area (Å²) in [5.74, 6) is -1.38. The van der Waals surface area contributed by atoms with Crippen LogP contribution in [-0.2, 0) is 6.42 Å². The topological polar surface area (TPSA) is 96.6 Å². The van der Waals surface area contributed by atoms with Crippen molar-refractivity contribution in [1.82, 2.24) is 14.6 Å². The maximum absolute atomic E-state index is 12.7. The number of anilines is 1. The molecule has 0 aliphatic rings. The second-order valence-electron chi connectivity index (χ2n) is 6.70. The van der Waals surface area contributed by atoms with E-state index in [1.54, 1.807) is 48.7 Å². The third-order valence-electron chi connectivity index (χ3n) is 4.73. The Hall–Kier alpha value is -3.23. The van der Waals surface area contributed by atoms with E-state index >= 15 is 0 Å². The van der Waals surface area contributed by atoms with Gasteiger partial charge in [0, 0.05) is 26.9 Å². The molecule has 0 bridgehead atoms. The molecule has 4 aromatic rings. The Bertz CT molecular complexity index is 1340. The Morgan fingerprint density at radius 3 is 2.74 bits per heavy atom. The van der Waals surface area contributed by atoms with E-state index in [2.05, 4.69) is 31.3 Å². The van der Waals surface area contributed by atoms with Gasteiger partial charge in [0.15, 0.2) is 5.65 Å². The van der Waals surface area contributed by atoms with Gasteiger partial charge in [-0.3, -0.25) is 4.79 Å². The van der Waals surface area contributed by atoms with Crippen LogP contribution >= 0.6 is 27.5 Å². The number of amides is 1. The van der Waals surface area contributed by atoms with Crippen LogP contribution in [0.25, 0.3) is 16.9 Å². The number of aromatic carboxylic acids is 1. The summed E-state index contributed by atoms with van der Waals surface area (Å²) in [4.78, 5) is 28.6. The van der Waals surface area contributed by atoms with Gasteiger partial charge in [-0.05, 0) is 58.7 Å². The largest absolute Gasteiger partial charge is 0.477 e. The van der Waals surface area contributed by atoms with Gasteiger partial charge in [-0.2, -0.15) is 5.10 Å². The molecular formula is C22H16BrClN4O3. The molecule has 0 saturated carbocycles. The molecule has 0 saturated heterocycles. The van der Waals surface area contributed by atoms with Crippen molar-refractivity contribution in [3.63, 3.8) is 0 Å². The van der Waals surface area contributed by atoms with Gasteiger partial charge in [-0.25, -0.2) is 14.3 Å². The SMILES string of the molecule is CCc1nn2c(-c3cccc(NC(=O)c4cc(Cl)ccc4Br)c3)ccnc2c1C(=O)O. The summed E-state index contributed by atoms with van der Waals surface area (Å²) in [5, 5.41) is 17.4. The zero-order valence-corrected chi connectivity index (χ0v) is 18.6. The number of aromatic nitrogens is 3. The van der Waals surface area contributed by atoms with Crippen LogP contribution in [0.3, 0.4) is 0 Å². The molecule has 1 amide bonds. The standard InChI is InChI=1S/C22H16BrClN4O3/c1-2-17-19(22(30)31)20-25-9-8-18(28(20)27-17)12-4-3-5-14(10-12)26-21(29)15-11-13(24)6-7-16(15)23/h3-11H,2H2,1H3,(H,26,29)(H,30,31). The van der Waals surface area contributed by atoms with Gasteiger partial charge in [0.2, 0.25) is 0 Å². The number of carboxylic acid groups (broad SMARTS) is 1. The zero-order valence-electron chi connectivity index (χ0n) is 16.3. The average molecular weight is 500 g/mol. The van der Waals surface area contributed by atoms with E-state index < -0.39 is 5.97 Å². The number of nitrogens with zero attached hydrogens (tertiary/aromatic N) is 3. The number of carbonyl (C=O) groups excluding carboxylic acids is 1. The zero-order chi connectivity index (χ0) is 22.1. The number of carbonyl (C=O) groups is 2. The molecule has 2 heterocycles. The summed E-state index contributed by atoms with van der Waals surface area (Å²) in [6.07, 6.45) is 2.02. The van der Waals surface area contributed by atoms with Crippen molar-refractivity contribution in [3.05, 3.63) is 81.0 Å². The lowest BCUT2D eigenvalue weighted by Gasteiger charge is -2.10. The highest BCUT2D eigenvalue weighted by atomic mass is 79.9. The van der Waals surface area contributed by atoms with E-state index in [4.69, 9.17) is 11.6 Å². The molecule has 156 valence electrons. The van der Waals surface area contributed by atoms with Gasteiger partial charge in [0.05, 0.1) is 17.0 Å². The maximum Gasteiger partial charge on any atom is 0.341 e. The summed E-state index contributed by atoms with van der Waals surface area (Å²) in [6, 6.07) is 13.9. The molecule has 0 aliphatic carbocycles. The van der Waals surface area contributed by atoms with Crippen molar-refractivity contribution in [2.24, 2.45) is 0 Å². The van der Waals surface area contributed by atoms with E-state index in [1.807, 2.05) is 13.0 Å². The normalized spacial score (nSPS) is 10.9. The first-order chi connectivity index (χ1) is 14.9. The van der Waals surface area contributed by atoms with Gasteiger partial charge in [-0.15, -0.1) is 0 Å². The van der Waals surface area contributed by atoms with Crippen LogP contribution < -0.4 is 5.32 Å². The first-order valence-corrected chi connectivity index (χ1v) is 10.5. The van der Waals surface area contributed by atoms with Gasteiger partial charge in [-0.1, -0.05) is 30.7 Å². The van der Waals surface area contributed by atoms with Crippen molar-refractivity contribution < 1.29 is 14.7 Å². The van der Waals surface area contributed by atoms with Crippen LogP contribution in [0, 0.1) is 0 Å². The molecule has 0 aliphatic heterocycles. The minimum atomic E-state index is -1.07. The number of halogens is 2. The predicted molar refractivity (Wildman–Crippen MR) is 122 cm³/mol. The highest BCUT2D eigenvalue weighted by Crippen LogP contribution is 2.27. The van der Waals surface area contributed by atoms with Crippen LogP contribution in [-0.4, -0.2) is 31.6 Å². The number of carboxylic acids is 1. The molecule has 0 unspecified atom stereocenters. The summed E-state index contributed by atoms with van der Waals surface area (Å²) < 4.78 is 2.16. The van der Waals surface area contributed by atoms with Crippen LogP contribution in [0.2, 0.25) is 5.02 Å². The van der Waals surface area contributed by atoms with Crippen molar-refractivity contribution in [1.29, 1.82) is 0 Å². The first-order valence-electron chi connectivity index (χ1n) is 9.35. The van der Waals surface area contributed by atoms with Gasteiger partial charge >= 0.3 is 5.97 Å². The highest BCUT2D eigenvalue weighted by Gasteiger charge is 2.21. The molecule has 2 aromatic heterocycles. The minimum Gasteiger partial charge on any atom is -0.477 e. The lowest BCUT2D eigenvalue weighted by atomic mass is 10.1. The Morgan fingerprint density at radius 2 is 2.00 bits per heavy atom. The molecule has 2 N–H and O–H groups in total. The number of nitrogens with one attached hydrogen (secondary N) is 1. The van der Waals surface area contributed by atoms with Crippen molar-refractivity contribution in [2.45, 2.75) is 13.3 Å². The number of benzene rings is 2. The van der Waals surface area contributed by atoms with E-state index in [0.29, 0.717) is 38.6 Å². The molecule has 0 spiro atoms. The minimum absolute atomic E-state index is 0.0969. The maximum atomic E-state index is 12.7. The van der Waals surface area contributed by atoms with E-state index in [9.17, 15) is 14.7 Å². The van der Waals surface area contributed by atoms with E-state index in [0.717, 1.165) is 5.56 Å². The molecule has 0 fully saturated rings. The van der Waals surface area contributed by atoms with Crippen LogP contribution in [0.15, 0.2) is 59.2 Å². The van der Waals surface area contributed by atoms with Gasteiger partial charge in [0.25, 0.3) is 5.91 Å². The van der Waals surface area contributed by atoms with Crippen molar-refractivity contribution >= 4 is 50.7 Å². The molecule has 7 nitrogen and oxygen atoms in total. The fourth-order valence-corrected chi connectivity index (χ4v) is 3.90. The number of rotatable bonds is 5. The second-order valence-corrected chi connectivity index (χ2v) is 8.00. The number of hydrogen-bond acceptors (Lipinski definition) is 4. The van der Waals surface area contributed by atoms with E-state index in [1.165, 1.54) is 4.52 Å². The molecular weight excluding hydrogens is 484 g/mol. The molecule has 0 radical (unpaired) electrons. The lowest BCUT2D eigenvalue weighted by molar-refractivity contribution is 0.0697. The second kappa shape index (κ2) is 8.49. The molecule has 2 aromatic carbocycles. The smallest absolute Gasteiger partial charge is 0.341 e. The van der Waals surface area contributed by atoms with Crippen molar-refractivity contribution in [2.75, 3.05) is 5.32 Å². The Labute approximate surface area is 190 Å². The fraction of sp³-hybridized carbons (Fsp3) is 0.0909. The monoisotopic (exact) mass is 498 g/mol. The van der Waals surface area contributed by atoms with Gasteiger partial charge in [0.1, 0.15) is 5.56 Å². The molecule has 4 rings (SSSR count). The first kappa shape index (κ1) is 21.0. The number of fused-ring (bicyclic) bond motifs is 1. The molecule has 9 heteroatoms. The Balaban J connectivity index is 1.74. The summed E-state index contributed by atoms with van der Waals surface area (Å²) in [7, 11) is 0. The number of aryl methyl sites for hydroxylation is 1. The third-order valence-corrected chi connectivity index (χ3v) is 5.66. The van der Waals surface area contributed by atoms with Crippen LogP contribution in [0.4, 0.5) is 5.69 Å². The van der Waals surface area contributed by atoms with Gasteiger partial charge < -0.3 is 10.4 Å². The third kappa shape index (κ3) is 4.04.